The first-order valence-electron chi connectivity index (χ1n) is 6.84. The summed E-state index contributed by atoms with van der Waals surface area (Å²) in [6.07, 6.45) is 7.13. The third kappa shape index (κ3) is 3.51. The quantitative estimate of drug-likeness (QED) is 0.874. The van der Waals surface area contributed by atoms with Crippen LogP contribution < -0.4 is 10.1 Å². The Balaban J connectivity index is 2.32. The molecule has 2 aromatic rings. The third-order valence-electron chi connectivity index (χ3n) is 2.88. The highest BCUT2D eigenvalue weighted by atomic mass is 16.5. The van der Waals surface area contributed by atoms with Crippen molar-refractivity contribution in [3.8, 4) is 5.75 Å². The second-order valence-corrected chi connectivity index (χ2v) is 4.46. The van der Waals surface area contributed by atoms with Gasteiger partial charge in [0.15, 0.2) is 0 Å². The van der Waals surface area contributed by atoms with E-state index in [1.54, 1.807) is 18.6 Å². The van der Waals surface area contributed by atoms with Crippen molar-refractivity contribution < 1.29 is 4.74 Å². The fourth-order valence-corrected chi connectivity index (χ4v) is 1.99. The lowest BCUT2D eigenvalue weighted by molar-refractivity contribution is 0.338. The topological polar surface area (TPSA) is 59.9 Å². The molecule has 1 N–H and O–H groups in total. The summed E-state index contributed by atoms with van der Waals surface area (Å²) in [7, 11) is 0. The normalized spacial score (nSPS) is 12.2. The lowest BCUT2D eigenvalue weighted by Gasteiger charge is -2.18. The lowest BCUT2D eigenvalue weighted by atomic mass is 10.1. The zero-order chi connectivity index (χ0) is 14.4. The van der Waals surface area contributed by atoms with Gasteiger partial charge in [0, 0.05) is 12.4 Å². The van der Waals surface area contributed by atoms with Gasteiger partial charge in [-0.2, -0.15) is 0 Å². The molecule has 0 aliphatic heterocycles. The minimum Gasteiger partial charge on any atom is -0.492 e. The standard InChI is InChI=1S/C15H20N4O/c1-4-17-15(14-10-18-11(3)7-19-14)12-6-13(20-5-2)9-16-8-12/h6-10,15,17H,4-5H2,1-3H3. The van der Waals surface area contributed by atoms with Crippen LogP contribution in [0.25, 0.3) is 0 Å². The maximum Gasteiger partial charge on any atom is 0.137 e. The molecule has 0 aliphatic rings. The average Bonchev–Trinajstić information content (AvgIpc) is 2.47. The molecule has 5 nitrogen and oxygen atoms in total. The van der Waals surface area contributed by atoms with E-state index in [1.165, 1.54) is 0 Å². The third-order valence-corrected chi connectivity index (χ3v) is 2.88. The second-order valence-electron chi connectivity index (χ2n) is 4.46. The van der Waals surface area contributed by atoms with Crippen LogP contribution in [0.4, 0.5) is 0 Å². The molecule has 1 unspecified atom stereocenters. The molecule has 0 aliphatic carbocycles. The molecule has 0 bridgehead atoms. The lowest BCUT2D eigenvalue weighted by Crippen LogP contribution is -2.23. The van der Waals surface area contributed by atoms with E-state index in [0.717, 1.165) is 29.2 Å². The van der Waals surface area contributed by atoms with Crippen molar-refractivity contribution in [3.63, 3.8) is 0 Å². The van der Waals surface area contributed by atoms with Crippen molar-refractivity contribution in [2.75, 3.05) is 13.2 Å². The number of aromatic nitrogens is 3. The summed E-state index contributed by atoms with van der Waals surface area (Å²) in [5.41, 5.74) is 2.81. The van der Waals surface area contributed by atoms with Gasteiger partial charge in [0.25, 0.3) is 0 Å². The minimum atomic E-state index is -0.0268. The maximum absolute atomic E-state index is 5.50. The van der Waals surface area contributed by atoms with Gasteiger partial charge in [0.2, 0.25) is 0 Å². The number of hydrogen-bond acceptors (Lipinski definition) is 5. The Morgan fingerprint density at radius 1 is 1.15 bits per heavy atom. The molecule has 2 aromatic heterocycles. The fraction of sp³-hybridized carbons (Fsp3) is 0.400. The van der Waals surface area contributed by atoms with Gasteiger partial charge >= 0.3 is 0 Å². The number of rotatable bonds is 6. The SMILES string of the molecule is CCNC(c1cncc(OCC)c1)c1cnc(C)cn1. The molecule has 0 spiro atoms. The van der Waals surface area contributed by atoms with Crippen LogP contribution in [-0.4, -0.2) is 28.1 Å². The summed E-state index contributed by atoms with van der Waals surface area (Å²) in [6.45, 7) is 7.41. The molecule has 0 saturated carbocycles. The molecule has 20 heavy (non-hydrogen) atoms. The van der Waals surface area contributed by atoms with Crippen LogP contribution in [0.2, 0.25) is 0 Å². The van der Waals surface area contributed by atoms with Crippen molar-refractivity contribution in [1.29, 1.82) is 0 Å². The van der Waals surface area contributed by atoms with Crippen molar-refractivity contribution >= 4 is 0 Å². The van der Waals surface area contributed by atoms with Gasteiger partial charge < -0.3 is 10.1 Å². The predicted octanol–water partition coefficient (Wildman–Crippen LogP) is 2.28. The molecule has 0 radical (unpaired) electrons. The highest BCUT2D eigenvalue weighted by molar-refractivity contribution is 5.30. The van der Waals surface area contributed by atoms with Crippen molar-refractivity contribution in [2.45, 2.75) is 26.8 Å². The molecule has 1 atom stereocenters. The first kappa shape index (κ1) is 14.4. The average molecular weight is 272 g/mol. The minimum absolute atomic E-state index is 0.0268. The van der Waals surface area contributed by atoms with Crippen LogP contribution in [0, 0.1) is 6.92 Å². The van der Waals surface area contributed by atoms with Crippen molar-refractivity contribution in [1.82, 2.24) is 20.3 Å². The Morgan fingerprint density at radius 3 is 2.65 bits per heavy atom. The number of aryl methyl sites for hydroxylation is 1. The maximum atomic E-state index is 5.50. The van der Waals surface area contributed by atoms with Gasteiger partial charge in [-0.15, -0.1) is 0 Å². The van der Waals surface area contributed by atoms with E-state index < -0.39 is 0 Å². The summed E-state index contributed by atoms with van der Waals surface area (Å²) < 4.78 is 5.50. The molecule has 106 valence electrons. The summed E-state index contributed by atoms with van der Waals surface area (Å²) in [4.78, 5) is 13.0. The predicted molar refractivity (Wildman–Crippen MR) is 77.7 cm³/mol. The smallest absolute Gasteiger partial charge is 0.137 e. The van der Waals surface area contributed by atoms with E-state index in [4.69, 9.17) is 4.74 Å². The van der Waals surface area contributed by atoms with Gasteiger partial charge in [-0.1, -0.05) is 6.92 Å². The summed E-state index contributed by atoms with van der Waals surface area (Å²) in [5, 5.41) is 3.41. The Labute approximate surface area is 119 Å². The highest BCUT2D eigenvalue weighted by Crippen LogP contribution is 2.22. The molecular formula is C15H20N4O. The van der Waals surface area contributed by atoms with E-state index >= 15 is 0 Å². The Hall–Kier alpha value is -2.01. The molecule has 0 amide bonds. The van der Waals surface area contributed by atoms with Crippen LogP contribution in [0.15, 0.2) is 30.9 Å². The number of ether oxygens (including phenoxy) is 1. The van der Waals surface area contributed by atoms with E-state index in [0.29, 0.717) is 6.61 Å². The largest absolute Gasteiger partial charge is 0.492 e. The monoisotopic (exact) mass is 272 g/mol. The molecule has 2 rings (SSSR count). The van der Waals surface area contributed by atoms with Gasteiger partial charge in [-0.3, -0.25) is 15.0 Å². The molecule has 0 fully saturated rings. The van der Waals surface area contributed by atoms with E-state index in [1.807, 2.05) is 26.1 Å². The first-order chi connectivity index (χ1) is 9.74. The molecular weight excluding hydrogens is 252 g/mol. The summed E-state index contributed by atoms with van der Waals surface area (Å²) in [5.74, 6) is 0.771. The second kappa shape index (κ2) is 6.96. The van der Waals surface area contributed by atoms with Gasteiger partial charge in [-0.05, 0) is 32.0 Å². The summed E-state index contributed by atoms with van der Waals surface area (Å²) >= 11 is 0. The molecule has 0 aromatic carbocycles. The fourth-order valence-electron chi connectivity index (χ4n) is 1.99. The van der Waals surface area contributed by atoms with E-state index in [9.17, 15) is 0 Å². The number of nitrogens with zero attached hydrogens (tertiary/aromatic N) is 3. The number of nitrogens with one attached hydrogen (secondary N) is 1. The Kier molecular flexibility index (Phi) is 5.01. The van der Waals surface area contributed by atoms with Crippen LogP contribution in [0.1, 0.15) is 36.8 Å². The van der Waals surface area contributed by atoms with Crippen LogP contribution in [0.3, 0.4) is 0 Å². The van der Waals surface area contributed by atoms with E-state index in [2.05, 4.69) is 27.2 Å². The van der Waals surface area contributed by atoms with Crippen LogP contribution >= 0.6 is 0 Å². The number of hydrogen-bond donors (Lipinski definition) is 1. The first-order valence-corrected chi connectivity index (χ1v) is 6.84. The van der Waals surface area contributed by atoms with E-state index in [-0.39, 0.29) is 6.04 Å². The molecule has 0 saturated heterocycles. The highest BCUT2D eigenvalue weighted by Gasteiger charge is 2.15. The van der Waals surface area contributed by atoms with Crippen molar-refractivity contribution in [3.05, 3.63) is 47.8 Å². The Morgan fingerprint density at radius 2 is 2.00 bits per heavy atom. The van der Waals surface area contributed by atoms with Gasteiger partial charge in [0.05, 0.1) is 36.4 Å². The summed E-state index contributed by atoms with van der Waals surface area (Å²) in [6, 6.07) is 1.96. The zero-order valence-electron chi connectivity index (χ0n) is 12.1. The van der Waals surface area contributed by atoms with Crippen LogP contribution in [-0.2, 0) is 0 Å². The number of pyridine rings is 1. The Bertz CT molecular complexity index is 542. The zero-order valence-corrected chi connectivity index (χ0v) is 12.1. The van der Waals surface area contributed by atoms with Crippen molar-refractivity contribution in [2.24, 2.45) is 0 Å². The molecule has 2 heterocycles. The molecule has 5 heteroatoms. The van der Waals surface area contributed by atoms with Crippen LogP contribution in [0.5, 0.6) is 5.75 Å². The van der Waals surface area contributed by atoms with Gasteiger partial charge in [-0.25, -0.2) is 0 Å². The van der Waals surface area contributed by atoms with Gasteiger partial charge in [0.1, 0.15) is 5.75 Å².